The van der Waals surface area contributed by atoms with Gasteiger partial charge in [0, 0.05) is 23.5 Å². The van der Waals surface area contributed by atoms with Gasteiger partial charge in [0.05, 0.1) is 6.61 Å². The molecule has 0 bridgehead atoms. The van der Waals surface area contributed by atoms with Crippen molar-refractivity contribution < 1.29 is 27.1 Å². The highest BCUT2D eigenvalue weighted by atomic mass is 19.4. The summed E-state index contributed by atoms with van der Waals surface area (Å²) < 4.78 is 62.8. The standard InChI is InChI=1S/C11H13F5N2O/c12-10(13)8-5-7(17)1-2-9(8)18(3-4-19)6-11(14,15)16/h1-2,5,10,19H,3-4,6,17H2. The number of halogens is 5. The largest absolute Gasteiger partial charge is 0.405 e. The molecule has 1 aromatic rings. The fourth-order valence-electron chi connectivity index (χ4n) is 1.66. The Hall–Kier alpha value is -1.57. The number of rotatable bonds is 5. The summed E-state index contributed by atoms with van der Waals surface area (Å²) in [5, 5.41) is 8.76. The average molecular weight is 284 g/mol. The third-order valence-corrected chi connectivity index (χ3v) is 2.37. The number of hydrogen-bond acceptors (Lipinski definition) is 3. The molecule has 1 aromatic carbocycles. The molecule has 3 nitrogen and oxygen atoms in total. The molecule has 19 heavy (non-hydrogen) atoms. The Morgan fingerprint density at radius 1 is 1.26 bits per heavy atom. The van der Waals surface area contributed by atoms with Crippen LogP contribution in [0.5, 0.6) is 0 Å². The van der Waals surface area contributed by atoms with Crippen LogP contribution in [0.2, 0.25) is 0 Å². The first-order valence-corrected chi connectivity index (χ1v) is 5.34. The van der Waals surface area contributed by atoms with E-state index in [1.807, 2.05) is 0 Å². The minimum Gasteiger partial charge on any atom is -0.399 e. The zero-order chi connectivity index (χ0) is 14.6. The van der Waals surface area contributed by atoms with Crippen LogP contribution in [0, 0.1) is 0 Å². The molecule has 0 saturated heterocycles. The second kappa shape index (κ2) is 6.05. The van der Waals surface area contributed by atoms with Gasteiger partial charge in [-0.25, -0.2) is 8.78 Å². The number of nitrogen functional groups attached to an aromatic ring is 1. The normalized spacial score (nSPS) is 11.9. The lowest BCUT2D eigenvalue weighted by Gasteiger charge is -2.27. The van der Waals surface area contributed by atoms with Crippen LogP contribution in [0.25, 0.3) is 0 Å². The van der Waals surface area contributed by atoms with E-state index in [1.54, 1.807) is 0 Å². The SMILES string of the molecule is Nc1ccc(N(CCO)CC(F)(F)F)c(C(F)F)c1. The lowest BCUT2D eigenvalue weighted by atomic mass is 10.1. The van der Waals surface area contributed by atoms with Crippen molar-refractivity contribution in [3.05, 3.63) is 23.8 Å². The minimum absolute atomic E-state index is 0.0370. The molecule has 1 rings (SSSR count). The first-order chi connectivity index (χ1) is 8.74. The molecule has 0 aromatic heterocycles. The van der Waals surface area contributed by atoms with Gasteiger partial charge in [0.2, 0.25) is 0 Å². The molecule has 0 aliphatic carbocycles. The van der Waals surface area contributed by atoms with Crippen molar-refractivity contribution in [3.63, 3.8) is 0 Å². The number of hydrogen-bond donors (Lipinski definition) is 2. The van der Waals surface area contributed by atoms with E-state index in [0.717, 1.165) is 12.1 Å². The number of alkyl halides is 5. The Morgan fingerprint density at radius 3 is 2.37 bits per heavy atom. The third kappa shape index (κ3) is 4.55. The monoisotopic (exact) mass is 284 g/mol. The van der Waals surface area contributed by atoms with Gasteiger partial charge >= 0.3 is 6.18 Å². The minimum atomic E-state index is -4.56. The quantitative estimate of drug-likeness (QED) is 0.645. The van der Waals surface area contributed by atoms with Gasteiger partial charge in [-0.1, -0.05) is 0 Å². The van der Waals surface area contributed by atoms with Crippen LogP contribution in [0.1, 0.15) is 12.0 Å². The maximum absolute atomic E-state index is 12.8. The van der Waals surface area contributed by atoms with Gasteiger partial charge in [0.15, 0.2) is 0 Å². The summed E-state index contributed by atoms with van der Waals surface area (Å²) >= 11 is 0. The fourth-order valence-corrected chi connectivity index (χ4v) is 1.66. The molecule has 3 N–H and O–H groups in total. The lowest BCUT2D eigenvalue weighted by Crippen LogP contribution is -2.36. The molecule has 0 radical (unpaired) electrons. The molecule has 0 saturated carbocycles. The summed E-state index contributed by atoms with van der Waals surface area (Å²) in [6.45, 7) is -2.40. The van der Waals surface area contributed by atoms with Crippen molar-refractivity contribution in [2.45, 2.75) is 12.6 Å². The predicted molar refractivity (Wildman–Crippen MR) is 61.2 cm³/mol. The van der Waals surface area contributed by atoms with Crippen LogP contribution in [-0.4, -0.2) is 31.0 Å². The van der Waals surface area contributed by atoms with E-state index in [2.05, 4.69) is 0 Å². The van der Waals surface area contributed by atoms with Gasteiger partial charge in [-0.2, -0.15) is 13.2 Å². The number of benzene rings is 1. The second-order valence-corrected chi connectivity index (χ2v) is 3.88. The number of nitrogens with two attached hydrogens (primary N) is 1. The highest BCUT2D eigenvalue weighted by Gasteiger charge is 2.32. The van der Waals surface area contributed by atoms with E-state index in [9.17, 15) is 22.0 Å². The number of aliphatic hydroxyl groups excluding tert-OH is 1. The molecule has 8 heteroatoms. The van der Waals surface area contributed by atoms with Gasteiger partial charge in [-0.3, -0.25) is 0 Å². The third-order valence-electron chi connectivity index (χ3n) is 2.37. The summed E-state index contributed by atoms with van der Waals surface area (Å²) in [5.41, 5.74) is 4.51. The van der Waals surface area contributed by atoms with Gasteiger partial charge in [0.1, 0.15) is 6.54 Å². The Kier molecular flexibility index (Phi) is 4.93. The molecule has 0 heterocycles. The average Bonchev–Trinajstić information content (AvgIpc) is 2.26. The molecule has 0 amide bonds. The summed E-state index contributed by atoms with van der Waals surface area (Å²) in [4.78, 5) is 0.654. The Labute approximate surface area is 106 Å². The smallest absolute Gasteiger partial charge is 0.399 e. The molecule has 0 aliphatic heterocycles. The van der Waals surface area contributed by atoms with Crippen LogP contribution in [0.15, 0.2) is 18.2 Å². The van der Waals surface area contributed by atoms with Crippen LogP contribution in [-0.2, 0) is 0 Å². The second-order valence-electron chi connectivity index (χ2n) is 3.88. The molecule has 0 aliphatic rings. The fraction of sp³-hybridized carbons (Fsp3) is 0.455. The van der Waals surface area contributed by atoms with Crippen LogP contribution in [0.3, 0.4) is 0 Å². The van der Waals surface area contributed by atoms with E-state index in [1.165, 1.54) is 6.07 Å². The van der Waals surface area contributed by atoms with Crippen LogP contribution >= 0.6 is 0 Å². The van der Waals surface area contributed by atoms with E-state index in [4.69, 9.17) is 10.8 Å². The molecule has 0 unspecified atom stereocenters. The Balaban J connectivity index is 3.14. The van der Waals surface area contributed by atoms with Crippen molar-refractivity contribution in [2.24, 2.45) is 0 Å². The van der Waals surface area contributed by atoms with Crippen molar-refractivity contribution in [3.8, 4) is 0 Å². The number of aliphatic hydroxyl groups is 1. The van der Waals surface area contributed by atoms with Crippen molar-refractivity contribution in [1.29, 1.82) is 0 Å². The summed E-state index contributed by atoms with van der Waals surface area (Å²) in [6.07, 6.45) is -7.51. The molecule has 0 spiro atoms. The maximum Gasteiger partial charge on any atom is 0.405 e. The molecule has 0 atom stereocenters. The van der Waals surface area contributed by atoms with E-state index in [0.29, 0.717) is 4.90 Å². The first-order valence-electron chi connectivity index (χ1n) is 5.34. The van der Waals surface area contributed by atoms with Crippen LogP contribution < -0.4 is 10.6 Å². The highest BCUT2D eigenvalue weighted by Crippen LogP contribution is 2.33. The Morgan fingerprint density at radius 2 is 1.89 bits per heavy atom. The zero-order valence-electron chi connectivity index (χ0n) is 9.79. The van der Waals surface area contributed by atoms with E-state index >= 15 is 0 Å². The topological polar surface area (TPSA) is 49.5 Å². The number of nitrogens with zero attached hydrogens (tertiary/aromatic N) is 1. The summed E-state index contributed by atoms with van der Waals surface area (Å²) in [6, 6.07) is 3.26. The highest BCUT2D eigenvalue weighted by molar-refractivity contribution is 5.60. The first kappa shape index (κ1) is 15.5. The van der Waals surface area contributed by atoms with E-state index in [-0.39, 0.29) is 11.4 Å². The molecule has 108 valence electrons. The van der Waals surface area contributed by atoms with Crippen molar-refractivity contribution in [2.75, 3.05) is 30.3 Å². The van der Waals surface area contributed by atoms with Gasteiger partial charge in [-0.05, 0) is 18.2 Å². The lowest BCUT2D eigenvalue weighted by molar-refractivity contribution is -0.119. The zero-order valence-corrected chi connectivity index (χ0v) is 9.79. The number of anilines is 2. The van der Waals surface area contributed by atoms with Crippen molar-refractivity contribution in [1.82, 2.24) is 0 Å². The van der Waals surface area contributed by atoms with Gasteiger partial charge in [-0.15, -0.1) is 0 Å². The predicted octanol–water partition coefficient (Wildman–Crippen LogP) is 2.57. The summed E-state index contributed by atoms with van der Waals surface area (Å²) in [5.74, 6) is 0. The van der Waals surface area contributed by atoms with Crippen molar-refractivity contribution >= 4 is 11.4 Å². The molecular weight excluding hydrogens is 271 g/mol. The van der Waals surface area contributed by atoms with E-state index < -0.39 is 37.9 Å². The van der Waals surface area contributed by atoms with Gasteiger partial charge < -0.3 is 15.7 Å². The Bertz CT molecular complexity index is 422. The van der Waals surface area contributed by atoms with Gasteiger partial charge in [0.25, 0.3) is 6.43 Å². The maximum atomic E-state index is 12.8. The summed E-state index contributed by atoms with van der Waals surface area (Å²) in [7, 11) is 0. The van der Waals surface area contributed by atoms with Crippen LogP contribution in [0.4, 0.5) is 33.3 Å². The molecule has 0 fully saturated rings. The molecular formula is C11H13F5N2O.